The summed E-state index contributed by atoms with van der Waals surface area (Å²) in [6, 6.07) is 7.27. The Morgan fingerprint density at radius 2 is 1.90 bits per heavy atom. The summed E-state index contributed by atoms with van der Waals surface area (Å²) < 4.78 is 11.2. The molecule has 0 spiro atoms. The van der Waals surface area contributed by atoms with E-state index in [1.807, 2.05) is 30.9 Å². The van der Waals surface area contributed by atoms with Crippen LogP contribution in [0.2, 0.25) is 0 Å². The van der Waals surface area contributed by atoms with E-state index in [2.05, 4.69) is 9.97 Å². The molecule has 3 heterocycles. The minimum absolute atomic E-state index is 0.0277. The Hall–Kier alpha value is -2.67. The molecular weight excluding hydrogens is 370 g/mol. The maximum absolute atomic E-state index is 12.9. The van der Waals surface area contributed by atoms with Crippen LogP contribution >= 0.6 is 0 Å². The minimum Gasteiger partial charge on any atom is -0.486 e. The molecule has 1 aliphatic heterocycles. The van der Waals surface area contributed by atoms with Crippen LogP contribution < -0.4 is 9.47 Å². The van der Waals surface area contributed by atoms with Crippen molar-refractivity contribution in [3.63, 3.8) is 0 Å². The number of carbonyl (C=O) groups excluding carboxylic acids is 1. The first-order valence-electron chi connectivity index (χ1n) is 10.0. The van der Waals surface area contributed by atoms with E-state index in [0.717, 1.165) is 17.8 Å². The largest absolute Gasteiger partial charge is 0.486 e. The van der Waals surface area contributed by atoms with Gasteiger partial charge in [0, 0.05) is 31.0 Å². The van der Waals surface area contributed by atoms with Crippen LogP contribution in [0, 0.1) is 25.7 Å². The number of likely N-dealkylation sites (tertiary alicyclic amines) is 1. The average Bonchev–Trinajstić information content (AvgIpc) is 3.12. The van der Waals surface area contributed by atoms with Gasteiger partial charge in [-0.2, -0.15) is 0 Å². The predicted molar refractivity (Wildman–Crippen MR) is 107 cm³/mol. The fourth-order valence-electron chi connectivity index (χ4n) is 4.45. The van der Waals surface area contributed by atoms with E-state index < -0.39 is 6.10 Å². The van der Waals surface area contributed by atoms with Gasteiger partial charge in [0.1, 0.15) is 11.9 Å². The number of carbonyl (C=O) groups is 1. The molecule has 1 aliphatic carbocycles. The van der Waals surface area contributed by atoms with Crippen LogP contribution in [0.15, 0.2) is 30.5 Å². The van der Waals surface area contributed by atoms with E-state index in [9.17, 15) is 9.90 Å². The van der Waals surface area contributed by atoms with Gasteiger partial charge in [-0.05, 0) is 56.7 Å². The Morgan fingerprint density at radius 3 is 2.55 bits per heavy atom. The molecule has 2 aromatic rings. The van der Waals surface area contributed by atoms with E-state index in [0.29, 0.717) is 42.6 Å². The number of aliphatic hydroxyl groups is 1. The lowest BCUT2D eigenvalue weighted by Gasteiger charge is -2.35. The van der Waals surface area contributed by atoms with Crippen LogP contribution in [0.1, 0.15) is 34.6 Å². The van der Waals surface area contributed by atoms with Crippen molar-refractivity contribution >= 4 is 5.91 Å². The number of aliphatic hydroxyl groups excluding tert-OH is 1. The Kier molecular flexibility index (Phi) is 5.41. The Labute approximate surface area is 170 Å². The van der Waals surface area contributed by atoms with Crippen molar-refractivity contribution in [2.24, 2.45) is 11.8 Å². The Morgan fingerprint density at radius 1 is 1.14 bits per heavy atom. The van der Waals surface area contributed by atoms with Crippen LogP contribution in [0.3, 0.4) is 0 Å². The molecular formula is C22H27N3O4. The summed E-state index contributed by atoms with van der Waals surface area (Å²) in [7, 11) is 1.55. The van der Waals surface area contributed by atoms with Gasteiger partial charge >= 0.3 is 0 Å². The number of rotatable bonds is 4. The number of amides is 1. The molecule has 2 aromatic heterocycles. The van der Waals surface area contributed by atoms with E-state index in [1.165, 1.54) is 0 Å². The van der Waals surface area contributed by atoms with Crippen LogP contribution in [0.25, 0.3) is 0 Å². The first-order valence-corrected chi connectivity index (χ1v) is 10.0. The molecule has 2 aliphatic rings. The van der Waals surface area contributed by atoms with Gasteiger partial charge in [0.25, 0.3) is 5.91 Å². The van der Waals surface area contributed by atoms with Gasteiger partial charge in [0.15, 0.2) is 0 Å². The van der Waals surface area contributed by atoms with Gasteiger partial charge in [-0.1, -0.05) is 0 Å². The first-order chi connectivity index (χ1) is 13.9. The van der Waals surface area contributed by atoms with Crippen molar-refractivity contribution in [2.45, 2.75) is 38.9 Å². The van der Waals surface area contributed by atoms with E-state index in [4.69, 9.17) is 9.47 Å². The number of ether oxygens (including phenoxy) is 2. The second-order valence-electron chi connectivity index (χ2n) is 8.05. The summed E-state index contributed by atoms with van der Waals surface area (Å²) in [5, 5.41) is 10.6. The second kappa shape index (κ2) is 7.99. The monoisotopic (exact) mass is 397 g/mol. The molecule has 1 amide bonds. The Bertz CT molecular complexity index is 886. The molecule has 0 bridgehead atoms. The molecule has 2 fully saturated rings. The fraction of sp³-hybridized carbons (Fsp3) is 0.500. The highest BCUT2D eigenvalue weighted by molar-refractivity contribution is 5.94. The lowest BCUT2D eigenvalue weighted by molar-refractivity contribution is -0.0236. The second-order valence-corrected chi connectivity index (χ2v) is 8.05. The maximum atomic E-state index is 12.9. The predicted octanol–water partition coefficient (Wildman–Crippen LogP) is 2.39. The summed E-state index contributed by atoms with van der Waals surface area (Å²) in [6.07, 6.45) is 2.09. The van der Waals surface area contributed by atoms with E-state index in [-0.39, 0.29) is 17.9 Å². The molecule has 154 valence electrons. The van der Waals surface area contributed by atoms with E-state index >= 15 is 0 Å². The summed E-state index contributed by atoms with van der Waals surface area (Å²) >= 11 is 0. The lowest BCUT2D eigenvalue weighted by atomic mass is 9.78. The van der Waals surface area contributed by atoms with Crippen molar-refractivity contribution in [1.29, 1.82) is 0 Å². The molecule has 1 saturated heterocycles. The highest BCUT2D eigenvalue weighted by atomic mass is 16.5. The lowest BCUT2D eigenvalue weighted by Crippen LogP contribution is -2.42. The molecule has 0 unspecified atom stereocenters. The van der Waals surface area contributed by atoms with Crippen LogP contribution in [0.4, 0.5) is 0 Å². The number of aromatic nitrogens is 2. The summed E-state index contributed by atoms with van der Waals surface area (Å²) in [5.41, 5.74) is 2.32. The van der Waals surface area contributed by atoms with Crippen LogP contribution in [-0.2, 0) is 0 Å². The van der Waals surface area contributed by atoms with Gasteiger partial charge in [-0.25, -0.2) is 4.98 Å². The average molecular weight is 397 g/mol. The Balaban J connectivity index is 1.42. The van der Waals surface area contributed by atoms with Crippen molar-refractivity contribution < 1.29 is 19.4 Å². The third-order valence-electron chi connectivity index (χ3n) is 6.02. The number of methoxy groups -OCH3 is 1. The first kappa shape index (κ1) is 19.6. The topological polar surface area (TPSA) is 84.8 Å². The molecule has 7 heteroatoms. The zero-order valence-electron chi connectivity index (χ0n) is 17.0. The highest BCUT2D eigenvalue weighted by Gasteiger charge is 2.44. The smallest absolute Gasteiger partial charge is 0.255 e. The molecule has 7 nitrogen and oxygen atoms in total. The van der Waals surface area contributed by atoms with Gasteiger partial charge in [0.05, 0.1) is 24.5 Å². The molecule has 0 radical (unpaired) electrons. The standard InChI is InChI=1S/C22H27N3O4/c1-13-4-6-19(14(2)24-13)29-20-9-17-12-25(11-16(17)8-18(20)26)22(27)15-5-7-21(28-3)23-10-15/h4-7,10,16-18,20,26H,8-9,11-12H2,1-3H3/t16-,17+,18+,20+/m0/s1. The van der Waals surface area contributed by atoms with Gasteiger partial charge < -0.3 is 19.5 Å². The molecule has 29 heavy (non-hydrogen) atoms. The molecule has 4 rings (SSSR count). The number of nitrogens with zero attached hydrogens (tertiary/aromatic N) is 3. The number of hydrogen-bond donors (Lipinski definition) is 1. The quantitative estimate of drug-likeness (QED) is 0.853. The minimum atomic E-state index is -0.547. The fourth-order valence-corrected chi connectivity index (χ4v) is 4.45. The molecule has 1 N–H and O–H groups in total. The number of aryl methyl sites for hydroxylation is 2. The summed E-state index contributed by atoms with van der Waals surface area (Å²) in [5.74, 6) is 1.78. The molecule has 4 atom stereocenters. The van der Waals surface area contributed by atoms with Crippen LogP contribution in [-0.4, -0.2) is 58.3 Å². The zero-order chi connectivity index (χ0) is 20.5. The van der Waals surface area contributed by atoms with Crippen molar-refractivity contribution in [3.8, 4) is 11.6 Å². The van der Waals surface area contributed by atoms with Crippen molar-refractivity contribution in [2.75, 3.05) is 20.2 Å². The number of hydrogen-bond acceptors (Lipinski definition) is 6. The third-order valence-corrected chi connectivity index (χ3v) is 6.02. The SMILES string of the molecule is COc1ccc(C(=O)N2C[C@H]3C[C@@H](Oc4ccc(C)nc4C)[C@H](O)C[C@H]3C2)cn1. The van der Waals surface area contributed by atoms with Crippen molar-refractivity contribution in [1.82, 2.24) is 14.9 Å². The summed E-state index contributed by atoms with van der Waals surface area (Å²) in [6.45, 7) is 5.19. The van der Waals surface area contributed by atoms with Gasteiger partial charge in [-0.15, -0.1) is 0 Å². The van der Waals surface area contributed by atoms with Gasteiger partial charge in [-0.3, -0.25) is 9.78 Å². The summed E-state index contributed by atoms with van der Waals surface area (Å²) in [4.78, 5) is 23.3. The molecule has 0 aromatic carbocycles. The normalized spacial score (nSPS) is 26.1. The maximum Gasteiger partial charge on any atom is 0.255 e. The van der Waals surface area contributed by atoms with E-state index in [1.54, 1.807) is 25.4 Å². The zero-order valence-corrected chi connectivity index (χ0v) is 17.0. The number of pyridine rings is 2. The van der Waals surface area contributed by atoms with Crippen molar-refractivity contribution in [3.05, 3.63) is 47.4 Å². The molecule has 1 saturated carbocycles. The third kappa shape index (κ3) is 4.05. The van der Waals surface area contributed by atoms with Gasteiger partial charge in [0.2, 0.25) is 5.88 Å². The highest BCUT2D eigenvalue weighted by Crippen LogP contribution is 2.38. The van der Waals surface area contributed by atoms with Crippen LogP contribution in [0.5, 0.6) is 11.6 Å². The number of fused-ring (bicyclic) bond motifs is 1.